The molecule has 84 valence electrons. The number of rotatable bonds is 2. The Morgan fingerprint density at radius 2 is 2.00 bits per heavy atom. The lowest BCUT2D eigenvalue weighted by atomic mass is 10.1. The van der Waals surface area contributed by atoms with E-state index >= 15 is 0 Å². The van der Waals surface area contributed by atoms with Crippen LogP contribution in [-0.2, 0) is 10.2 Å². The Labute approximate surface area is 89.7 Å². The van der Waals surface area contributed by atoms with Crippen molar-refractivity contribution in [1.82, 2.24) is 5.16 Å². The molecule has 0 N–H and O–H groups in total. The largest absolute Gasteiger partial charge is 0.368 e. The molecule has 16 heavy (non-hydrogen) atoms. The van der Waals surface area contributed by atoms with Crippen LogP contribution in [0.1, 0.15) is 0 Å². The van der Waals surface area contributed by atoms with Gasteiger partial charge in [-0.1, -0.05) is 21.2 Å². The van der Waals surface area contributed by atoms with Crippen LogP contribution in [0.25, 0.3) is 11.3 Å². The third-order valence-corrected chi connectivity index (χ3v) is 2.52. The number of aromatic nitrogens is 1. The summed E-state index contributed by atoms with van der Waals surface area (Å²) in [5.74, 6) is -0.509. The summed E-state index contributed by atoms with van der Waals surface area (Å²) in [5.41, 5.74) is 0.356. The molecule has 0 amide bonds. The van der Waals surface area contributed by atoms with E-state index in [1.165, 1.54) is 18.2 Å². The van der Waals surface area contributed by atoms with Gasteiger partial charge in [0, 0.05) is 11.6 Å². The minimum absolute atomic E-state index is 0.0516. The zero-order valence-electron chi connectivity index (χ0n) is 7.72. The van der Waals surface area contributed by atoms with Gasteiger partial charge in [-0.2, -0.15) is 8.42 Å². The van der Waals surface area contributed by atoms with E-state index in [-0.39, 0.29) is 5.69 Å². The van der Waals surface area contributed by atoms with Crippen molar-refractivity contribution < 1.29 is 21.2 Å². The van der Waals surface area contributed by atoms with E-state index in [0.717, 1.165) is 12.1 Å². The standard InChI is InChI=1S/C9H5F2NO3S/c10-7-3-1-2-6(4-7)8-5-9(15-12-8)16(11,13)14/h1-5H. The first-order valence-corrected chi connectivity index (χ1v) is 5.52. The Morgan fingerprint density at radius 3 is 2.56 bits per heavy atom. The second kappa shape index (κ2) is 3.67. The monoisotopic (exact) mass is 245 g/mol. The molecular formula is C9H5F2NO3S. The van der Waals surface area contributed by atoms with Gasteiger partial charge in [-0.25, -0.2) is 4.39 Å². The molecule has 2 aromatic rings. The van der Waals surface area contributed by atoms with Crippen LogP contribution < -0.4 is 0 Å². The molecule has 1 heterocycles. The lowest BCUT2D eigenvalue weighted by Gasteiger charge is -1.93. The fraction of sp³-hybridized carbons (Fsp3) is 0. The van der Waals surface area contributed by atoms with Crippen LogP contribution in [0, 0.1) is 5.82 Å². The molecule has 0 saturated heterocycles. The smallest absolute Gasteiger partial charge is 0.341 e. The van der Waals surface area contributed by atoms with Crippen LogP contribution in [0.3, 0.4) is 0 Å². The molecule has 0 aliphatic heterocycles. The zero-order chi connectivity index (χ0) is 11.8. The van der Waals surface area contributed by atoms with Crippen molar-refractivity contribution in [2.45, 2.75) is 5.09 Å². The first-order valence-electron chi connectivity index (χ1n) is 4.14. The molecule has 0 aliphatic carbocycles. The third-order valence-electron chi connectivity index (χ3n) is 1.85. The van der Waals surface area contributed by atoms with Crippen LogP contribution in [0.5, 0.6) is 0 Å². The van der Waals surface area contributed by atoms with Crippen LogP contribution >= 0.6 is 0 Å². The molecule has 0 unspecified atom stereocenters. The average molecular weight is 245 g/mol. The fourth-order valence-electron chi connectivity index (χ4n) is 1.16. The second-order valence-electron chi connectivity index (χ2n) is 2.98. The molecule has 0 atom stereocenters. The zero-order valence-corrected chi connectivity index (χ0v) is 8.54. The van der Waals surface area contributed by atoms with Crippen molar-refractivity contribution in [2.24, 2.45) is 0 Å². The molecule has 7 heteroatoms. The summed E-state index contributed by atoms with van der Waals surface area (Å²) >= 11 is 0. The van der Waals surface area contributed by atoms with Crippen molar-refractivity contribution in [3.63, 3.8) is 0 Å². The normalized spacial score (nSPS) is 11.6. The Balaban J connectivity index is 2.47. The fourth-order valence-corrected chi connectivity index (χ4v) is 1.54. The Hall–Kier alpha value is -1.76. The van der Waals surface area contributed by atoms with E-state index < -0.39 is 21.1 Å². The van der Waals surface area contributed by atoms with Gasteiger partial charge in [-0.3, -0.25) is 0 Å². The average Bonchev–Trinajstić information content (AvgIpc) is 2.65. The number of nitrogens with zero attached hydrogens (tertiary/aromatic N) is 1. The third kappa shape index (κ3) is 2.08. The van der Waals surface area contributed by atoms with Crippen molar-refractivity contribution in [2.75, 3.05) is 0 Å². The van der Waals surface area contributed by atoms with Crippen LogP contribution in [0.2, 0.25) is 0 Å². The van der Waals surface area contributed by atoms with Crippen molar-refractivity contribution in [3.8, 4) is 11.3 Å². The minimum Gasteiger partial charge on any atom is -0.341 e. The van der Waals surface area contributed by atoms with Gasteiger partial charge in [0.25, 0.3) is 5.09 Å². The molecular weight excluding hydrogens is 240 g/mol. The van der Waals surface area contributed by atoms with Gasteiger partial charge in [0.15, 0.2) is 0 Å². The van der Waals surface area contributed by atoms with Crippen molar-refractivity contribution in [3.05, 3.63) is 36.1 Å². The number of hydrogen-bond acceptors (Lipinski definition) is 4. The van der Waals surface area contributed by atoms with E-state index in [2.05, 4.69) is 9.68 Å². The van der Waals surface area contributed by atoms with Crippen LogP contribution in [-0.4, -0.2) is 13.6 Å². The molecule has 0 bridgehead atoms. The summed E-state index contributed by atoms with van der Waals surface area (Å²) in [7, 11) is -4.92. The highest BCUT2D eigenvalue weighted by atomic mass is 32.3. The highest BCUT2D eigenvalue weighted by Gasteiger charge is 2.19. The summed E-state index contributed by atoms with van der Waals surface area (Å²) < 4.78 is 50.6. The number of hydrogen-bond donors (Lipinski definition) is 0. The van der Waals surface area contributed by atoms with E-state index in [1.54, 1.807) is 0 Å². The first kappa shape index (κ1) is 10.7. The molecule has 2 rings (SSSR count). The molecule has 1 aromatic carbocycles. The molecule has 0 saturated carbocycles. The van der Waals surface area contributed by atoms with Gasteiger partial charge >= 0.3 is 10.2 Å². The lowest BCUT2D eigenvalue weighted by molar-refractivity contribution is 0.334. The minimum atomic E-state index is -4.92. The predicted octanol–water partition coefficient (Wildman–Crippen LogP) is 2.14. The van der Waals surface area contributed by atoms with E-state index in [4.69, 9.17) is 0 Å². The van der Waals surface area contributed by atoms with Crippen LogP contribution in [0.15, 0.2) is 39.9 Å². The summed E-state index contributed by atoms with van der Waals surface area (Å²) in [5, 5.41) is 2.44. The molecule has 0 spiro atoms. The van der Waals surface area contributed by atoms with Crippen molar-refractivity contribution in [1.29, 1.82) is 0 Å². The van der Waals surface area contributed by atoms with Gasteiger partial charge < -0.3 is 4.52 Å². The highest BCUT2D eigenvalue weighted by molar-refractivity contribution is 7.86. The lowest BCUT2D eigenvalue weighted by Crippen LogP contribution is -1.87. The summed E-state index contributed by atoms with van der Waals surface area (Å²) in [6, 6.07) is 6.16. The molecule has 0 radical (unpaired) electrons. The van der Waals surface area contributed by atoms with Crippen LogP contribution in [0.4, 0.5) is 8.28 Å². The maximum Gasteiger partial charge on any atom is 0.368 e. The van der Waals surface area contributed by atoms with Gasteiger partial charge in [0.05, 0.1) is 0 Å². The molecule has 4 nitrogen and oxygen atoms in total. The summed E-state index contributed by atoms with van der Waals surface area (Å²) in [6.07, 6.45) is 0. The van der Waals surface area contributed by atoms with Gasteiger partial charge in [-0.15, -0.1) is 0 Å². The van der Waals surface area contributed by atoms with Crippen molar-refractivity contribution >= 4 is 10.2 Å². The van der Waals surface area contributed by atoms with E-state index in [9.17, 15) is 16.7 Å². The molecule has 0 fully saturated rings. The van der Waals surface area contributed by atoms with E-state index in [1.807, 2.05) is 0 Å². The molecule has 1 aromatic heterocycles. The second-order valence-corrected chi connectivity index (χ2v) is 4.26. The summed E-state index contributed by atoms with van der Waals surface area (Å²) in [4.78, 5) is 0. The topological polar surface area (TPSA) is 60.2 Å². The highest BCUT2D eigenvalue weighted by Crippen LogP contribution is 2.22. The maximum atomic E-state index is 12.8. The predicted molar refractivity (Wildman–Crippen MR) is 50.2 cm³/mol. The number of halogens is 2. The maximum absolute atomic E-state index is 12.8. The Kier molecular flexibility index (Phi) is 2.47. The van der Waals surface area contributed by atoms with E-state index in [0.29, 0.717) is 5.56 Å². The quantitative estimate of drug-likeness (QED) is 0.760. The SMILES string of the molecule is O=S(=O)(F)c1cc(-c2cccc(F)c2)no1. The van der Waals surface area contributed by atoms with Gasteiger partial charge in [-0.05, 0) is 12.1 Å². The molecule has 0 aliphatic rings. The first-order chi connectivity index (χ1) is 7.47. The summed E-state index contributed by atoms with van der Waals surface area (Å²) in [6.45, 7) is 0. The number of benzene rings is 1. The Bertz CT molecular complexity index is 621. The Morgan fingerprint density at radius 1 is 1.25 bits per heavy atom. The van der Waals surface area contributed by atoms with Gasteiger partial charge in [0.1, 0.15) is 11.5 Å². The van der Waals surface area contributed by atoms with Gasteiger partial charge in [0.2, 0.25) is 0 Å².